The molecule has 2 aromatic rings. The second-order valence-corrected chi connectivity index (χ2v) is 9.90. The van der Waals surface area contributed by atoms with Crippen LogP contribution in [0.25, 0.3) is 0 Å². The van der Waals surface area contributed by atoms with E-state index in [2.05, 4.69) is 0 Å². The minimum Gasteiger partial charge on any atom is -0.399 e. The Kier molecular flexibility index (Phi) is 6.54. The number of rotatable bonds is 5. The van der Waals surface area contributed by atoms with Gasteiger partial charge in [0.05, 0.1) is 11.2 Å². The van der Waals surface area contributed by atoms with Crippen LogP contribution in [-0.2, 0) is 22.0 Å². The van der Waals surface area contributed by atoms with Crippen LogP contribution in [0.2, 0.25) is 0 Å². The van der Waals surface area contributed by atoms with Crippen LogP contribution in [0, 0.1) is 6.92 Å². The Bertz CT molecular complexity index is 1010. The summed E-state index contributed by atoms with van der Waals surface area (Å²) in [5, 5.41) is 0. The van der Waals surface area contributed by atoms with Gasteiger partial charge in [0.25, 0.3) is 5.91 Å². The lowest BCUT2D eigenvalue weighted by Gasteiger charge is -2.32. The van der Waals surface area contributed by atoms with E-state index in [1.165, 1.54) is 11.8 Å². The van der Waals surface area contributed by atoms with E-state index in [4.69, 9.17) is 9.31 Å². The molecule has 3 rings (SSSR count). The Morgan fingerprint density at radius 3 is 2.06 bits per heavy atom. The largest absolute Gasteiger partial charge is 0.497 e. The fourth-order valence-electron chi connectivity index (χ4n) is 3.94. The number of benzene rings is 1. The third-order valence-electron chi connectivity index (χ3n) is 6.79. The van der Waals surface area contributed by atoms with E-state index in [1.54, 1.807) is 37.4 Å². The lowest BCUT2D eigenvalue weighted by atomic mass is 9.75. The van der Waals surface area contributed by atoms with E-state index in [-0.39, 0.29) is 29.3 Å². The van der Waals surface area contributed by atoms with E-state index < -0.39 is 36.1 Å². The van der Waals surface area contributed by atoms with Crippen molar-refractivity contribution in [3.8, 4) is 0 Å². The van der Waals surface area contributed by atoms with Gasteiger partial charge in [0.1, 0.15) is 11.4 Å². The topological polar surface area (TPSA) is 43.7 Å². The summed E-state index contributed by atoms with van der Waals surface area (Å²) in [6.45, 7) is 12.2. The minimum absolute atomic E-state index is 0.0571. The average molecular weight is 464 g/mol. The summed E-state index contributed by atoms with van der Waals surface area (Å²) in [7, 11) is 0.483. The maximum Gasteiger partial charge on any atom is 0.497 e. The first-order valence-corrected chi connectivity index (χ1v) is 11.1. The Morgan fingerprint density at radius 2 is 1.61 bits per heavy atom. The molecule has 33 heavy (non-hydrogen) atoms. The van der Waals surface area contributed by atoms with Crippen LogP contribution in [0.3, 0.4) is 0 Å². The molecule has 5 nitrogen and oxygen atoms in total. The van der Waals surface area contributed by atoms with E-state index >= 15 is 0 Å². The number of hydrogen-bond acceptors (Lipinski definition) is 3. The number of carbonyl (C=O) groups excluding carboxylic acids is 1. The predicted molar refractivity (Wildman–Crippen MR) is 123 cm³/mol. The standard InChI is InChI=1S/C24H32BF3N2O3/c1-15(2)29(8)21(31)19-18(25-32-22(4,5)23(6,7)33-25)16(3)20(24(26,27)28)30(19)14-17-12-10-9-11-13-17/h9-13,15H,14H2,1-8H3. The molecule has 1 fully saturated rings. The molecule has 1 aliphatic heterocycles. The third-order valence-corrected chi connectivity index (χ3v) is 6.79. The Hall–Kier alpha value is -2.26. The number of nitrogens with zero attached hydrogens (tertiary/aromatic N) is 2. The quantitative estimate of drug-likeness (QED) is 0.606. The summed E-state index contributed by atoms with van der Waals surface area (Å²) < 4.78 is 56.5. The normalized spacial score (nSPS) is 17.6. The van der Waals surface area contributed by atoms with Crippen molar-refractivity contribution >= 4 is 18.5 Å². The zero-order valence-corrected chi connectivity index (χ0v) is 20.5. The van der Waals surface area contributed by atoms with Crippen LogP contribution >= 0.6 is 0 Å². The van der Waals surface area contributed by atoms with E-state index in [0.717, 1.165) is 4.57 Å². The molecule has 1 aromatic carbocycles. The van der Waals surface area contributed by atoms with E-state index in [9.17, 15) is 18.0 Å². The molecule has 180 valence electrons. The second-order valence-electron chi connectivity index (χ2n) is 9.90. The highest BCUT2D eigenvalue weighted by Crippen LogP contribution is 2.39. The number of aromatic nitrogens is 1. The molecule has 0 aliphatic carbocycles. The van der Waals surface area contributed by atoms with Gasteiger partial charge in [-0.2, -0.15) is 13.2 Å². The van der Waals surface area contributed by atoms with Gasteiger partial charge in [0.15, 0.2) is 0 Å². The summed E-state index contributed by atoms with van der Waals surface area (Å²) in [6, 6.07) is 8.59. The molecule has 0 bridgehead atoms. The van der Waals surface area contributed by atoms with Gasteiger partial charge in [-0.3, -0.25) is 4.79 Å². The first-order chi connectivity index (χ1) is 15.1. The molecule has 1 aromatic heterocycles. The van der Waals surface area contributed by atoms with Crippen molar-refractivity contribution in [2.24, 2.45) is 0 Å². The van der Waals surface area contributed by atoms with E-state index in [0.29, 0.717) is 5.56 Å². The summed E-state index contributed by atoms with van der Waals surface area (Å²) in [4.78, 5) is 15.1. The van der Waals surface area contributed by atoms with Crippen LogP contribution in [0.1, 0.15) is 68.9 Å². The number of amides is 1. The summed E-state index contributed by atoms with van der Waals surface area (Å²) in [5.74, 6) is -0.510. The lowest BCUT2D eigenvalue weighted by molar-refractivity contribution is -0.143. The minimum atomic E-state index is -4.67. The van der Waals surface area contributed by atoms with Gasteiger partial charge < -0.3 is 18.8 Å². The van der Waals surface area contributed by atoms with E-state index in [1.807, 2.05) is 41.5 Å². The smallest absolute Gasteiger partial charge is 0.399 e. The van der Waals surface area contributed by atoms with Crippen molar-refractivity contribution in [2.75, 3.05) is 7.05 Å². The molecule has 0 unspecified atom stereocenters. The fraction of sp³-hybridized carbons (Fsp3) is 0.542. The van der Waals surface area contributed by atoms with Gasteiger partial charge >= 0.3 is 13.3 Å². The van der Waals surface area contributed by atoms with Gasteiger partial charge in [-0.05, 0) is 59.6 Å². The average Bonchev–Trinajstić information content (AvgIpc) is 3.09. The predicted octanol–water partition coefficient (Wildman–Crippen LogP) is 4.64. The number of hydrogen-bond donors (Lipinski definition) is 0. The summed E-state index contributed by atoms with van der Waals surface area (Å²) in [5.41, 5.74) is -1.73. The first kappa shape index (κ1) is 25.4. The Labute approximate surface area is 194 Å². The highest BCUT2D eigenvalue weighted by atomic mass is 19.4. The maximum absolute atomic E-state index is 14.4. The van der Waals surface area contributed by atoms with Gasteiger partial charge in [0.2, 0.25) is 0 Å². The van der Waals surface area contributed by atoms with Crippen LogP contribution < -0.4 is 5.46 Å². The zero-order chi connectivity index (χ0) is 24.9. The maximum atomic E-state index is 14.4. The SMILES string of the molecule is Cc1c(B2OC(C)(C)C(C)(C)O2)c(C(=O)N(C)C(C)C)n(Cc2ccccc2)c1C(F)(F)F. The highest BCUT2D eigenvalue weighted by Gasteiger charge is 2.55. The second kappa shape index (κ2) is 8.51. The fourth-order valence-corrected chi connectivity index (χ4v) is 3.94. The number of halogens is 3. The van der Waals surface area contributed by atoms with Crippen molar-refractivity contribution in [1.29, 1.82) is 0 Å². The van der Waals surface area contributed by atoms with Crippen molar-refractivity contribution in [2.45, 2.75) is 78.4 Å². The highest BCUT2D eigenvalue weighted by molar-refractivity contribution is 6.64. The van der Waals surface area contributed by atoms with Crippen molar-refractivity contribution in [3.63, 3.8) is 0 Å². The Morgan fingerprint density at radius 1 is 1.09 bits per heavy atom. The first-order valence-electron chi connectivity index (χ1n) is 11.1. The third kappa shape index (κ3) is 4.57. The summed E-state index contributed by atoms with van der Waals surface area (Å²) >= 11 is 0. The molecule has 0 N–H and O–H groups in total. The molecule has 1 aliphatic rings. The van der Waals surface area contributed by atoms with Crippen molar-refractivity contribution in [3.05, 3.63) is 52.8 Å². The molecule has 2 heterocycles. The molecular weight excluding hydrogens is 432 g/mol. The molecule has 1 saturated heterocycles. The number of carbonyl (C=O) groups is 1. The molecule has 0 radical (unpaired) electrons. The van der Waals surface area contributed by atoms with Gasteiger partial charge in [0, 0.05) is 25.1 Å². The van der Waals surface area contributed by atoms with Crippen molar-refractivity contribution in [1.82, 2.24) is 9.47 Å². The van der Waals surface area contributed by atoms with Crippen LogP contribution in [-0.4, -0.2) is 46.8 Å². The zero-order valence-electron chi connectivity index (χ0n) is 20.5. The molecule has 9 heteroatoms. The van der Waals surface area contributed by atoms with Crippen LogP contribution in [0.4, 0.5) is 13.2 Å². The molecule has 0 saturated carbocycles. The van der Waals surface area contributed by atoms with Crippen LogP contribution in [0.15, 0.2) is 30.3 Å². The number of alkyl halides is 3. The molecular formula is C24H32BF3N2O3. The Balaban J connectivity index is 2.31. The lowest BCUT2D eigenvalue weighted by Crippen LogP contribution is -2.43. The molecule has 1 amide bonds. The van der Waals surface area contributed by atoms with Gasteiger partial charge in [-0.15, -0.1) is 0 Å². The monoisotopic (exact) mass is 464 g/mol. The van der Waals surface area contributed by atoms with Gasteiger partial charge in [-0.1, -0.05) is 30.3 Å². The van der Waals surface area contributed by atoms with Crippen LogP contribution in [0.5, 0.6) is 0 Å². The van der Waals surface area contributed by atoms with Gasteiger partial charge in [-0.25, -0.2) is 0 Å². The molecule has 0 spiro atoms. The summed E-state index contributed by atoms with van der Waals surface area (Å²) in [6.07, 6.45) is -4.67. The van der Waals surface area contributed by atoms with Crippen molar-refractivity contribution < 1.29 is 27.3 Å². The molecule has 0 atom stereocenters.